The average Bonchev–Trinajstić information content (AvgIpc) is 3.20. The lowest BCUT2D eigenvalue weighted by molar-refractivity contribution is -0.161. The summed E-state index contributed by atoms with van der Waals surface area (Å²) < 4.78 is 32.7. The number of carbonyl (C=O) groups excluding carboxylic acids is 2. The molecule has 0 aromatic rings. The Hall–Kier alpha value is -2.30. The normalized spacial score (nSPS) is 14.0. The van der Waals surface area contributed by atoms with Crippen LogP contribution in [0.4, 0.5) is 0 Å². The van der Waals surface area contributed by atoms with Crippen LogP contribution in [0.2, 0.25) is 0 Å². The molecule has 58 heavy (non-hydrogen) atoms. The van der Waals surface area contributed by atoms with E-state index in [0.29, 0.717) is 12.8 Å². The van der Waals surface area contributed by atoms with Gasteiger partial charge in [-0.1, -0.05) is 159 Å². The van der Waals surface area contributed by atoms with Gasteiger partial charge in [0.05, 0.1) is 13.2 Å². The SMILES string of the molecule is CCCCC/C=C/C/C=C/CCCCCCCCCCCC(=O)OC[C@H](COP(=O)(O)OC[C@H](N)C(=O)O)OC(=O)CCCCCCC/C=C/CCCCCCCC. The second-order valence-corrected chi connectivity index (χ2v) is 17.0. The number of rotatable bonds is 43. The van der Waals surface area contributed by atoms with Gasteiger partial charge < -0.3 is 25.2 Å². The number of allylic oxidation sites excluding steroid dienone is 6. The quantitative estimate of drug-likeness (QED) is 0.0231. The Labute approximate surface area is 353 Å². The second-order valence-electron chi connectivity index (χ2n) is 15.5. The molecule has 11 nitrogen and oxygen atoms in total. The zero-order chi connectivity index (χ0) is 42.8. The molecular formula is C46H84NO10P. The summed E-state index contributed by atoms with van der Waals surface area (Å²) in [6.45, 7) is 2.77. The van der Waals surface area contributed by atoms with E-state index in [0.717, 1.165) is 70.6 Å². The number of hydrogen-bond acceptors (Lipinski definition) is 9. The van der Waals surface area contributed by atoms with Crippen molar-refractivity contribution in [3.63, 3.8) is 0 Å². The fourth-order valence-electron chi connectivity index (χ4n) is 6.21. The number of carbonyl (C=O) groups is 3. The molecule has 338 valence electrons. The summed E-state index contributed by atoms with van der Waals surface area (Å²) >= 11 is 0. The molecule has 0 saturated carbocycles. The standard InChI is InChI=1S/C46H84NO10P/c1-3-5-7-9-11-13-15-17-19-20-21-22-24-25-27-29-31-33-35-37-44(48)54-39-42(40-55-58(52,53)56-41-43(47)46(50)51)57-45(49)38-36-34-32-30-28-26-23-18-16-14-12-10-8-6-4-2/h11,13,17-19,23,42-43H,3-10,12,14-16,20-22,24-41,47H2,1-2H3,(H,50,51)(H,52,53)/b13-11+,19-17+,23-18+/t42-,43+/m1/s1. The molecule has 0 amide bonds. The molecule has 0 fully saturated rings. The Morgan fingerprint density at radius 3 is 1.40 bits per heavy atom. The maximum Gasteiger partial charge on any atom is 0.472 e. The van der Waals surface area contributed by atoms with Gasteiger partial charge in [0.25, 0.3) is 0 Å². The number of hydrogen-bond donors (Lipinski definition) is 3. The van der Waals surface area contributed by atoms with Crippen LogP contribution < -0.4 is 5.73 Å². The number of unbranched alkanes of at least 4 members (excludes halogenated alkanes) is 23. The van der Waals surface area contributed by atoms with Gasteiger partial charge in [0, 0.05) is 12.8 Å². The number of carboxylic acids is 1. The molecule has 0 rings (SSSR count). The van der Waals surface area contributed by atoms with E-state index in [4.69, 9.17) is 24.8 Å². The Balaban J connectivity index is 4.32. The van der Waals surface area contributed by atoms with Gasteiger partial charge in [-0.3, -0.25) is 23.4 Å². The van der Waals surface area contributed by atoms with Crippen molar-refractivity contribution in [2.45, 2.75) is 219 Å². The van der Waals surface area contributed by atoms with E-state index < -0.39 is 51.1 Å². The highest BCUT2D eigenvalue weighted by molar-refractivity contribution is 7.47. The highest BCUT2D eigenvalue weighted by Gasteiger charge is 2.28. The minimum Gasteiger partial charge on any atom is -0.480 e. The van der Waals surface area contributed by atoms with Crippen LogP contribution in [0.3, 0.4) is 0 Å². The summed E-state index contributed by atoms with van der Waals surface area (Å²) in [5.41, 5.74) is 5.34. The van der Waals surface area contributed by atoms with Crippen molar-refractivity contribution in [1.82, 2.24) is 0 Å². The highest BCUT2D eigenvalue weighted by Crippen LogP contribution is 2.43. The monoisotopic (exact) mass is 842 g/mol. The molecule has 1 unspecified atom stereocenters. The van der Waals surface area contributed by atoms with Crippen molar-refractivity contribution >= 4 is 25.7 Å². The Morgan fingerprint density at radius 1 is 0.534 bits per heavy atom. The first-order chi connectivity index (χ1) is 28.1. The molecule has 0 aromatic heterocycles. The molecule has 0 aromatic carbocycles. The van der Waals surface area contributed by atoms with E-state index in [1.54, 1.807) is 0 Å². The Bertz CT molecular complexity index is 1130. The first-order valence-corrected chi connectivity index (χ1v) is 24.5. The van der Waals surface area contributed by atoms with Crippen LogP contribution in [0.25, 0.3) is 0 Å². The average molecular weight is 842 g/mol. The largest absolute Gasteiger partial charge is 0.480 e. The minimum atomic E-state index is -4.72. The molecule has 4 N–H and O–H groups in total. The third-order valence-electron chi connectivity index (χ3n) is 9.86. The van der Waals surface area contributed by atoms with Gasteiger partial charge in [-0.2, -0.15) is 0 Å². The maximum absolute atomic E-state index is 12.6. The number of ether oxygens (including phenoxy) is 2. The van der Waals surface area contributed by atoms with Gasteiger partial charge in [0.2, 0.25) is 0 Å². The highest BCUT2D eigenvalue weighted by atomic mass is 31.2. The van der Waals surface area contributed by atoms with Crippen LogP contribution in [0.1, 0.15) is 206 Å². The topological polar surface area (TPSA) is 172 Å². The summed E-state index contributed by atoms with van der Waals surface area (Å²) in [7, 11) is -4.72. The lowest BCUT2D eigenvalue weighted by atomic mass is 10.1. The van der Waals surface area contributed by atoms with E-state index in [-0.39, 0.29) is 19.4 Å². The van der Waals surface area contributed by atoms with Crippen molar-refractivity contribution in [3.05, 3.63) is 36.5 Å². The fourth-order valence-corrected chi connectivity index (χ4v) is 6.99. The summed E-state index contributed by atoms with van der Waals surface area (Å²) in [5.74, 6) is -2.39. The predicted octanol–water partition coefficient (Wildman–Crippen LogP) is 12.4. The van der Waals surface area contributed by atoms with Crippen molar-refractivity contribution in [3.8, 4) is 0 Å². The summed E-state index contributed by atoms with van der Waals surface area (Å²) in [4.78, 5) is 46.0. The number of nitrogens with two attached hydrogens (primary N) is 1. The van der Waals surface area contributed by atoms with Gasteiger partial charge in [0.15, 0.2) is 6.10 Å². The molecule has 12 heteroatoms. The molecule has 0 aliphatic heterocycles. The number of aliphatic carboxylic acids is 1. The van der Waals surface area contributed by atoms with Crippen LogP contribution in [-0.2, 0) is 37.5 Å². The molecule has 0 saturated heterocycles. The summed E-state index contributed by atoms with van der Waals surface area (Å²) in [6.07, 6.45) is 44.9. The molecule has 3 atom stereocenters. The van der Waals surface area contributed by atoms with E-state index in [1.807, 2.05) is 0 Å². The van der Waals surface area contributed by atoms with Crippen LogP contribution in [0.15, 0.2) is 36.5 Å². The lowest BCUT2D eigenvalue weighted by Crippen LogP contribution is -2.34. The van der Waals surface area contributed by atoms with Crippen LogP contribution in [0, 0.1) is 0 Å². The first-order valence-electron chi connectivity index (χ1n) is 23.0. The molecular weight excluding hydrogens is 757 g/mol. The third-order valence-corrected chi connectivity index (χ3v) is 10.8. The fraction of sp³-hybridized carbons (Fsp3) is 0.804. The van der Waals surface area contributed by atoms with Gasteiger partial charge in [-0.25, -0.2) is 4.57 Å². The molecule has 0 heterocycles. The molecule has 0 bridgehead atoms. The van der Waals surface area contributed by atoms with E-state index in [2.05, 4.69) is 54.8 Å². The minimum absolute atomic E-state index is 0.151. The Kier molecular flexibility index (Phi) is 39.8. The van der Waals surface area contributed by atoms with Crippen molar-refractivity contribution in [2.24, 2.45) is 5.73 Å². The zero-order valence-corrected chi connectivity index (χ0v) is 37.5. The van der Waals surface area contributed by atoms with Crippen molar-refractivity contribution < 1.29 is 47.5 Å². The molecule has 0 aliphatic rings. The molecule has 0 radical (unpaired) electrons. The van der Waals surface area contributed by atoms with Crippen molar-refractivity contribution in [1.29, 1.82) is 0 Å². The lowest BCUT2D eigenvalue weighted by Gasteiger charge is -2.20. The summed E-state index contributed by atoms with van der Waals surface area (Å²) in [6, 6.07) is -1.52. The van der Waals surface area contributed by atoms with Gasteiger partial charge in [0.1, 0.15) is 12.6 Å². The van der Waals surface area contributed by atoms with Gasteiger partial charge in [-0.05, 0) is 70.6 Å². The number of esters is 2. The Morgan fingerprint density at radius 2 is 0.914 bits per heavy atom. The van der Waals surface area contributed by atoms with E-state index in [1.165, 1.54) is 96.3 Å². The molecule has 0 spiro atoms. The number of phosphoric acid groups is 1. The number of phosphoric ester groups is 1. The predicted molar refractivity (Wildman–Crippen MR) is 235 cm³/mol. The molecule has 0 aliphatic carbocycles. The van der Waals surface area contributed by atoms with E-state index in [9.17, 15) is 23.8 Å². The van der Waals surface area contributed by atoms with Crippen LogP contribution in [-0.4, -0.2) is 59.9 Å². The smallest absolute Gasteiger partial charge is 0.472 e. The van der Waals surface area contributed by atoms with Crippen LogP contribution in [0.5, 0.6) is 0 Å². The summed E-state index contributed by atoms with van der Waals surface area (Å²) in [5, 5.41) is 8.90. The zero-order valence-electron chi connectivity index (χ0n) is 36.6. The maximum atomic E-state index is 12.6. The van der Waals surface area contributed by atoms with Gasteiger partial charge >= 0.3 is 25.7 Å². The van der Waals surface area contributed by atoms with Crippen molar-refractivity contribution in [2.75, 3.05) is 19.8 Å². The van der Waals surface area contributed by atoms with Gasteiger partial charge in [-0.15, -0.1) is 0 Å². The first kappa shape index (κ1) is 55.7. The third kappa shape index (κ3) is 40.5. The van der Waals surface area contributed by atoms with E-state index >= 15 is 0 Å². The number of carboxylic acid groups (broad SMARTS) is 1. The second kappa shape index (κ2) is 41.4. The van der Waals surface area contributed by atoms with Crippen LogP contribution >= 0.6 is 7.82 Å².